The van der Waals surface area contributed by atoms with Crippen molar-refractivity contribution in [2.75, 3.05) is 0 Å². The highest BCUT2D eigenvalue weighted by Gasteiger charge is 2.08. The minimum absolute atomic E-state index is 1.11. The van der Waals surface area contributed by atoms with Gasteiger partial charge in [-0.1, -0.05) is 6.92 Å². The van der Waals surface area contributed by atoms with Crippen LogP contribution in [0.25, 0.3) is 0 Å². The predicted octanol–water partition coefficient (Wildman–Crippen LogP) is 4.14. The Hall–Kier alpha value is 0.660. The van der Waals surface area contributed by atoms with Crippen LogP contribution in [-0.4, -0.2) is 0 Å². The molecule has 0 nitrogen and oxygen atoms in total. The molecule has 0 bridgehead atoms. The van der Waals surface area contributed by atoms with Crippen molar-refractivity contribution in [2.24, 2.45) is 0 Å². The molecule has 0 radical (unpaired) electrons. The van der Waals surface area contributed by atoms with Gasteiger partial charge in [0.05, 0.1) is 7.57 Å². The number of hydrogen-bond acceptors (Lipinski definition) is 1. The lowest BCUT2D eigenvalue weighted by Gasteiger charge is -1.93. The van der Waals surface area contributed by atoms with Crippen molar-refractivity contribution in [1.29, 1.82) is 0 Å². The molecule has 0 fully saturated rings. The van der Waals surface area contributed by atoms with Crippen LogP contribution < -0.4 is 0 Å². The highest BCUT2D eigenvalue weighted by atomic mass is 79.9. The monoisotopic (exact) mass is 282 g/mol. The molecular weight excluding hydrogens is 276 g/mol. The van der Waals surface area contributed by atoms with Gasteiger partial charge in [0.1, 0.15) is 0 Å². The summed E-state index contributed by atoms with van der Waals surface area (Å²) in [5.41, 5.74) is 2.80. The van der Waals surface area contributed by atoms with Crippen molar-refractivity contribution >= 4 is 43.2 Å². The second kappa shape index (κ2) is 3.37. The topological polar surface area (TPSA) is 0 Å². The first-order chi connectivity index (χ1) is 4.66. The van der Waals surface area contributed by atoms with Crippen molar-refractivity contribution < 1.29 is 0 Å². The first-order valence-electron chi connectivity index (χ1n) is 3.10. The van der Waals surface area contributed by atoms with Crippen LogP contribution in [0.15, 0.2) is 7.57 Å². The van der Waals surface area contributed by atoms with Crippen molar-refractivity contribution in [1.82, 2.24) is 0 Å². The maximum atomic E-state index is 3.52. The fourth-order valence-electron chi connectivity index (χ4n) is 0.887. The number of hydrogen-bond donors (Lipinski definition) is 0. The Bertz CT molecular complexity index is 240. The van der Waals surface area contributed by atoms with E-state index in [1.54, 1.807) is 11.3 Å². The van der Waals surface area contributed by atoms with Crippen LogP contribution in [-0.2, 0) is 6.42 Å². The maximum absolute atomic E-state index is 3.52. The molecule has 0 aliphatic carbocycles. The van der Waals surface area contributed by atoms with E-state index in [1.165, 1.54) is 18.7 Å². The van der Waals surface area contributed by atoms with Gasteiger partial charge < -0.3 is 0 Å². The van der Waals surface area contributed by atoms with Crippen LogP contribution in [0.1, 0.15) is 18.1 Å². The molecule has 0 saturated carbocycles. The molecule has 0 amide bonds. The Balaban J connectivity index is 3.20. The van der Waals surface area contributed by atoms with Gasteiger partial charge in [-0.25, -0.2) is 0 Å². The molecule has 0 aromatic carbocycles. The van der Waals surface area contributed by atoms with Crippen molar-refractivity contribution in [3.05, 3.63) is 18.7 Å². The second-order valence-electron chi connectivity index (χ2n) is 2.11. The quantitative estimate of drug-likeness (QED) is 0.727. The van der Waals surface area contributed by atoms with E-state index in [4.69, 9.17) is 0 Å². The van der Waals surface area contributed by atoms with Gasteiger partial charge in [0.2, 0.25) is 0 Å². The van der Waals surface area contributed by atoms with E-state index in [0.29, 0.717) is 0 Å². The Morgan fingerprint density at radius 1 is 1.30 bits per heavy atom. The van der Waals surface area contributed by atoms with E-state index >= 15 is 0 Å². The van der Waals surface area contributed by atoms with Gasteiger partial charge in [-0.15, -0.1) is 11.3 Å². The third-order valence-electron chi connectivity index (χ3n) is 1.52. The summed E-state index contributed by atoms with van der Waals surface area (Å²) in [6, 6.07) is 0. The van der Waals surface area contributed by atoms with Gasteiger partial charge in [-0.2, -0.15) is 0 Å². The van der Waals surface area contributed by atoms with E-state index in [2.05, 4.69) is 45.7 Å². The Labute approximate surface area is 81.9 Å². The van der Waals surface area contributed by atoms with Crippen LogP contribution in [0.2, 0.25) is 0 Å². The average Bonchev–Trinajstić information content (AvgIpc) is 2.09. The van der Waals surface area contributed by atoms with Crippen molar-refractivity contribution in [2.45, 2.75) is 20.3 Å². The maximum Gasteiger partial charge on any atom is 0.0745 e. The molecule has 1 aromatic rings. The zero-order chi connectivity index (χ0) is 7.72. The summed E-state index contributed by atoms with van der Waals surface area (Å²) in [5.74, 6) is 0. The minimum atomic E-state index is 1.11. The standard InChI is InChI=1S/C7H8Br2S/c1-3-5-4(2)6(8)10-7(5)9/h3H2,1-2H3. The van der Waals surface area contributed by atoms with E-state index < -0.39 is 0 Å². The molecule has 0 unspecified atom stereocenters. The summed E-state index contributed by atoms with van der Waals surface area (Å²) in [4.78, 5) is 0. The SMILES string of the molecule is CCc1c(Br)sc(Br)c1C. The normalized spacial score (nSPS) is 10.4. The molecule has 10 heavy (non-hydrogen) atoms. The largest absolute Gasteiger partial charge is 0.121 e. The fourth-order valence-corrected chi connectivity index (χ4v) is 4.18. The van der Waals surface area contributed by atoms with Gasteiger partial charge >= 0.3 is 0 Å². The molecule has 0 N–H and O–H groups in total. The third kappa shape index (κ3) is 1.46. The number of rotatable bonds is 1. The van der Waals surface area contributed by atoms with Gasteiger partial charge in [-0.3, -0.25) is 0 Å². The Morgan fingerprint density at radius 2 is 1.90 bits per heavy atom. The summed E-state index contributed by atoms with van der Waals surface area (Å²) < 4.78 is 2.51. The summed E-state index contributed by atoms with van der Waals surface area (Å²) in [5, 5.41) is 0. The first kappa shape index (κ1) is 8.75. The minimum Gasteiger partial charge on any atom is -0.121 e. The van der Waals surface area contributed by atoms with E-state index in [-0.39, 0.29) is 0 Å². The van der Waals surface area contributed by atoms with Gasteiger partial charge in [0.15, 0.2) is 0 Å². The van der Waals surface area contributed by atoms with E-state index in [1.807, 2.05) is 0 Å². The smallest absolute Gasteiger partial charge is 0.0745 e. The molecule has 56 valence electrons. The molecule has 0 atom stereocenters. The Morgan fingerprint density at radius 3 is 2.10 bits per heavy atom. The van der Waals surface area contributed by atoms with Crippen LogP contribution in [0.3, 0.4) is 0 Å². The summed E-state index contributed by atoms with van der Waals surface area (Å²) in [6.07, 6.45) is 1.11. The highest BCUT2D eigenvalue weighted by Crippen LogP contribution is 2.36. The lowest BCUT2D eigenvalue weighted by atomic mass is 10.2. The lowest BCUT2D eigenvalue weighted by Crippen LogP contribution is -1.79. The predicted molar refractivity (Wildman–Crippen MR) is 53.8 cm³/mol. The first-order valence-corrected chi connectivity index (χ1v) is 5.50. The Kier molecular flexibility index (Phi) is 2.95. The summed E-state index contributed by atoms with van der Waals surface area (Å²) in [6.45, 7) is 4.32. The zero-order valence-corrected chi connectivity index (χ0v) is 9.86. The molecule has 1 aromatic heterocycles. The molecule has 1 heterocycles. The van der Waals surface area contributed by atoms with Crippen molar-refractivity contribution in [3.63, 3.8) is 0 Å². The van der Waals surface area contributed by atoms with Gasteiger partial charge in [0.25, 0.3) is 0 Å². The second-order valence-corrected chi connectivity index (χ2v) is 5.76. The number of halogens is 2. The molecule has 0 spiro atoms. The van der Waals surface area contributed by atoms with Crippen LogP contribution in [0.4, 0.5) is 0 Å². The average molecular weight is 284 g/mol. The zero-order valence-electron chi connectivity index (χ0n) is 5.87. The fraction of sp³-hybridized carbons (Fsp3) is 0.429. The van der Waals surface area contributed by atoms with Crippen molar-refractivity contribution in [3.8, 4) is 0 Å². The van der Waals surface area contributed by atoms with Gasteiger partial charge in [-0.05, 0) is 56.3 Å². The highest BCUT2D eigenvalue weighted by molar-refractivity contribution is 9.12. The molecule has 0 aliphatic heterocycles. The molecule has 0 aliphatic rings. The number of thiophene rings is 1. The van der Waals surface area contributed by atoms with E-state index in [0.717, 1.165) is 6.42 Å². The summed E-state index contributed by atoms with van der Waals surface area (Å²) >= 11 is 8.77. The third-order valence-corrected chi connectivity index (χ3v) is 4.47. The molecule has 1 rings (SSSR count). The summed E-state index contributed by atoms with van der Waals surface area (Å²) in [7, 11) is 0. The molecule has 0 saturated heterocycles. The lowest BCUT2D eigenvalue weighted by molar-refractivity contribution is 1.12. The van der Waals surface area contributed by atoms with Gasteiger partial charge in [0, 0.05) is 0 Å². The molecule has 3 heteroatoms. The van der Waals surface area contributed by atoms with Crippen LogP contribution in [0, 0.1) is 6.92 Å². The molecular formula is C7H8Br2S. The van der Waals surface area contributed by atoms with E-state index in [9.17, 15) is 0 Å². The van der Waals surface area contributed by atoms with Crippen LogP contribution in [0.5, 0.6) is 0 Å². The van der Waals surface area contributed by atoms with Crippen LogP contribution >= 0.6 is 43.2 Å².